The lowest BCUT2D eigenvalue weighted by Crippen LogP contribution is -2.37. The molecule has 0 aliphatic rings. The number of guanidine groups is 1. The molecule has 0 saturated heterocycles. The summed E-state index contributed by atoms with van der Waals surface area (Å²) in [5.41, 5.74) is 0.985. The average molecular weight is 480 g/mol. The third kappa shape index (κ3) is 8.17. The largest absolute Gasteiger partial charge is 0.494 e. The number of nitrogens with zero attached hydrogens (tertiary/aromatic N) is 2. The molecule has 0 unspecified atom stereocenters. The average Bonchev–Trinajstić information content (AvgIpc) is 2.66. The highest BCUT2D eigenvalue weighted by molar-refractivity contribution is 14.0. The van der Waals surface area contributed by atoms with E-state index in [0.29, 0.717) is 37.3 Å². The smallest absolute Gasteiger partial charge is 0.219 e. The van der Waals surface area contributed by atoms with E-state index < -0.39 is 0 Å². The highest BCUT2D eigenvalue weighted by Gasteiger charge is 2.02. The Morgan fingerprint density at radius 2 is 1.89 bits per heavy atom. The van der Waals surface area contributed by atoms with E-state index in [1.807, 2.05) is 50.2 Å². The first kappa shape index (κ1) is 22.6. The fourth-order valence-electron chi connectivity index (χ4n) is 2.14. The molecule has 0 amide bonds. The molecule has 2 aromatic rings. The first-order valence-corrected chi connectivity index (χ1v) is 8.56. The van der Waals surface area contributed by atoms with Crippen molar-refractivity contribution in [2.45, 2.75) is 20.4 Å². The summed E-state index contributed by atoms with van der Waals surface area (Å²) in [5, 5.41) is 6.20. The SMILES string of the molecule is C#CCNC(=NCc1ccnc(Oc2ccc(OCC)cc2)c1)NCC.I. The maximum atomic E-state index is 5.80. The maximum Gasteiger partial charge on any atom is 0.219 e. The summed E-state index contributed by atoms with van der Waals surface area (Å²) < 4.78 is 11.2. The van der Waals surface area contributed by atoms with Crippen LogP contribution in [0.1, 0.15) is 19.4 Å². The Balaban J connectivity index is 0.00000364. The molecule has 27 heavy (non-hydrogen) atoms. The molecule has 144 valence electrons. The molecule has 0 aliphatic carbocycles. The maximum absolute atomic E-state index is 5.80. The van der Waals surface area contributed by atoms with E-state index in [1.54, 1.807) is 6.20 Å². The van der Waals surface area contributed by atoms with Gasteiger partial charge in [-0.25, -0.2) is 9.98 Å². The molecule has 1 aromatic carbocycles. The monoisotopic (exact) mass is 480 g/mol. The quantitative estimate of drug-likeness (QED) is 0.262. The van der Waals surface area contributed by atoms with Crippen molar-refractivity contribution >= 4 is 29.9 Å². The Morgan fingerprint density at radius 1 is 1.15 bits per heavy atom. The van der Waals surface area contributed by atoms with E-state index in [0.717, 1.165) is 17.9 Å². The number of hydrogen-bond acceptors (Lipinski definition) is 4. The number of ether oxygens (including phenoxy) is 2. The highest BCUT2D eigenvalue weighted by atomic mass is 127. The number of aromatic nitrogens is 1. The molecule has 7 heteroatoms. The van der Waals surface area contributed by atoms with Gasteiger partial charge in [0.25, 0.3) is 0 Å². The lowest BCUT2D eigenvalue weighted by atomic mass is 10.2. The number of pyridine rings is 1. The Morgan fingerprint density at radius 3 is 2.56 bits per heavy atom. The van der Waals surface area contributed by atoms with Gasteiger partial charge in [0.05, 0.1) is 19.7 Å². The first-order valence-electron chi connectivity index (χ1n) is 8.56. The van der Waals surface area contributed by atoms with Crippen LogP contribution in [-0.4, -0.2) is 30.6 Å². The molecule has 1 aromatic heterocycles. The van der Waals surface area contributed by atoms with E-state index in [1.165, 1.54) is 0 Å². The molecule has 2 N–H and O–H groups in total. The molecule has 0 fully saturated rings. The number of nitrogens with one attached hydrogen (secondary N) is 2. The number of rotatable bonds is 8. The van der Waals surface area contributed by atoms with Gasteiger partial charge in [0.15, 0.2) is 5.96 Å². The third-order valence-corrected chi connectivity index (χ3v) is 3.28. The zero-order chi connectivity index (χ0) is 18.6. The van der Waals surface area contributed by atoms with Crippen LogP contribution in [0.25, 0.3) is 0 Å². The van der Waals surface area contributed by atoms with Crippen molar-refractivity contribution < 1.29 is 9.47 Å². The van der Waals surface area contributed by atoms with Crippen LogP contribution in [-0.2, 0) is 6.54 Å². The second-order valence-electron chi connectivity index (χ2n) is 5.26. The van der Waals surface area contributed by atoms with Crippen molar-refractivity contribution in [1.82, 2.24) is 15.6 Å². The zero-order valence-electron chi connectivity index (χ0n) is 15.6. The van der Waals surface area contributed by atoms with Crippen LogP contribution >= 0.6 is 24.0 Å². The summed E-state index contributed by atoms with van der Waals surface area (Å²) in [6, 6.07) is 11.2. The summed E-state index contributed by atoms with van der Waals surface area (Å²) in [5.74, 6) is 5.24. The van der Waals surface area contributed by atoms with Crippen LogP contribution in [0.5, 0.6) is 17.4 Å². The number of terminal acetylenes is 1. The number of hydrogen-bond donors (Lipinski definition) is 2. The minimum Gasteiger partial charge on any atom is -0.494 e. The Kier molecular flexibility index (Phi) is 10.7. The molecule has 0 radical (unpaired) electrons. The Bertz CT molecular complexity index is 757. The molecular formula is C20H25IN4O2. The fourth-order valence-corrected chi connectivity index (χ4v) is 2.14. The van der Waals surface area contributed by atoms with E-state index in [4.69, 9.17) is 15.9 Å². The minimum absolute atomic E-state index is 0. The molecule has 0 bridgehead atoms. The van der Waals surface area contributed by atoms with Crippen LogP contribution in [0, 0.1) is 12.3 Å². The van der Waals surface area contributed by atoms with Gasteiger partial charge >= 0.3 is 0 Å². The van der Waals surface area contributed by atoms with Crippen molar-refractivity contribution in [3.8, 4) is 29.7 Å². The molecule has 0 aliphatic heterocycles. The summed E-state index contributed by atoms with van der Waals surface area (Å²) in [4.78, 5) is 8.75. The van der Waals surface area contributed by atoms with Crippen molar-refractivity contribution in [3.05, 3.63) is 48.2 Å². The van der Waals surface area contributed by atoms with E-state index >= 15 is 0 Å². The van der Waals surface area contributed by atoms with Crippen molar-refractivity contribution in [2.75, 3.05) is 19.7 Å². The van der Waals surface area contributed by atoms with Gasteiger partial charge in [0.1, 0.15) is 11.5 Å². The summed E-state index contributed by atoms with van der Waals surface area (Å²) in [7, 11) is 0. The Hall–Kier alpha value is -2.47. The second-order valence-corrected chi connectivity index (χ2v) is 5.26. The van der Waals surface area contributed by atoms with Gasteiger partial charge in [0, 0.05) is 18.8 Å². The molecular weight excluding hydrogens is 455 g/mol. The molecule has 2 rings (SSSR count). The first-order chi connectivity index (χ1) is 12.7. The van der Waals surface area contributed by atoms with Crippen LogP contribution in [0.3, 0.4) is 0 Å². The standard InChI is InChI=1S/C20H24N4O2.HI/c1-4-12-23-20(21-5-2)24-15-16-11-13-22-19(14-16)26-18-9-7-17(8-10-18)25-6-3;/h1,7-11,13-14H,5-6,12,15H2,2-3H3,(H2,21,23,24);1H. The van der Waals surface area contributed by atoms with Gasteiger partial charge < -0.3 is 20.1 Å². The topological polar surface area (TPSA) is 67.8 Å². The molecule has 6 nitrogen and oxygen atoms in total. The second kappa shape index (κ2) is 12.8. The van der Waals surface area contributed by atoms with Gasteiger partial charge in [-0.2, -0.15) is 0 Å². The van der Waals surface area contributed by atoms with E-state index in [9.17, 15) is 0 Å². The highest BCUT2D eigenvalue weighted by Crippen LogP contribution is 2.23. The third-order valence-electron chi connectivity index (χ3n) is 3.28. The van der Waals surface area contributed by atoms with Crippen molar-refractivity contribution in [1.29, 1.82) is 0 Å². The predicted molar refractivity (Wildman–Crippen MR) is 119 cm³/mol. The van der Waals surface area contributed by atoms with Crippen molar-refractivity contribution in [3.63, 3.8) is 0 Å². The minimum atomic E-state index is 0. The van der Waals surface area contributed by atoms with Gasteiger partial charge in [-0.15, -0.1) is 30.4 Å². The molecule has 0 saturated carbocycles. The summed E-state index contributed by atoms with van der Waals surface area (Å²) >= 11 is 0. The number of benzene rings is 1. The molecule has 1 heterocycles. The van der Waals surface area contributed by atoms with Crippen LogP contribution in [0.15, 0.2) is 47.6 Å². The zero-order valence-corrected chi connectivity index (χ0v) is 17.9. The van der Waals surface area contributed by atoms with Gasteiger partial charge in [0.2, 0.25) is 5.88 Å². The number of aliphatic imine (C=N–C) groups is 1. The van der Waals surface area contributed by atoms with E-state index in [2.05, 4.69) is 26.5 Å². The van der Waals surface area contributed by atoms with E-state index in [-0.39, 0.29) is 24.0 Å². The van der Waals surface area contributed by atoms with Crippen LogP contribution in [0.2, 0.25) is 0 Å². The normalized spacial score (nSPS) is 10.3. The van der Waals surface area contributed by atoms with Crippen LogP contribution in [0.4, 0.5) is 0 Å². The summed E-state index contributed by atoms with van der Waals surface area (Å²) in [6.45, 7) is 6.26. The lowest BCUT2D eigenvalue weighted by molar-refractivity contribution is 0.339. The number of halogens is 1. The lowest BCUT2D eigenvalue weighted by Gasteiger charge is -2.09. The summed E-state index contributed by atoms with van der Waals surface area (Å²) in [6.07, 6.45) is 6.98. The fraction of sp³-hybridized carbons (Fsp3) is 0.300. The molecule has 0 atom stereocenters. The Labute approximate surface area is 177 Å². The van der Waals surface area contributed by atoms with Gasteiger partial charge in [-0.05, 0) is 49.7 Å². The van der Waals surface area contributed by atoms with Crippen LogP contribution < -0.4 is 20.1 Å². The van der Waals surface area contributed by atoms with Gasteiger partial charge in [-0.3, -0.25) is 0 Å². The van der Waals surface area contributed by atoms with Gasteiger partial charge in [-0.1, -0.05) is 5.92 Å². The predicted octanol–water partition coefficient (Wildman–Crippen LogP) is 3.58. The molecule has 0 spiro atoms. The van der Waals surface area contributed by atoms with Crippen molar-refractivity contribution in [2.24, 2.45) is 4.99 Å².